The minimum atomic E-state index is -3.00. The molecule has 3 unspecified atom stereocenters. The molecule has 2 fully saturated rings. The number of hydrogen-bond acceptors (Lipinski definition) is 2. The zero-order chi connectivity index (χ0) is 9.80. The monoisotopic (exact) mass is 188 g/mol. The Kier molecular flexibility index (Phi) is 1.60. The van der Waals surface area contributed by atoms with Crippen molar-refractivity contribution in [3.05, 3.63) is 0 Å². The van der Waals surface area contributed by atoms with Gasteiger partial charge in [0.1, 0.15) is 5.78 Å². The van der Waals surface area contributed by atoms with Crippen LogP contribution in [0.25, 0.3) is 0 Å². The van der Waals surface area contributed by atoms with Crippen molar-refractivity contribution >= 4 is 11.6 Å². The van der Waals surface area contributed by atoms with Crippen molar-refractivity contribution in [1.82, 2.24) is 0 Å². The van der Waals surface area contributed by atoms with Gasteiger partial charge in [0.05, 0.1) is 5.92 Å². The van der Waals surface area contributed by atoms with E-state index in [-0.39, 0.29) is 11.7 Å². The number of alkyl halides is 2. The molecule has 13 heavy (non-hydrogen) atoms. The fourth-order valence-corrected chi connectivity index (χ4v) is 2.47. The van der Waals surface area contributed by atoms with E-state index in [0.29, 0.717) is 6.42 Å². The van der Waals surface area contributed by atoms with Gasteiger partial charge in [0.15, 0.2) is 0 Å². The van der Waals surface area contributed by atoms with Crippen LogP contribution in [0, 0.1) is 17.3 Å². The topological polar surface area (TPSA) is 34.1 Å². The highest BCUT2D eigenvalue weighted by Gasteiger charge is 2.66. The first kappa shape index (κ1) is 8.78. The van der Waals surface area contributed by atoms with Crippen molar-refractivity contribution in [3.8, 4) is 0 Å². The van der Waals surface area contributed by atoms with Gasteiger partial charge in [-0.25, -0.2) is 8.78 Å². The SMILES string of the molecule is CC12CC1CC(=O)C2C(=O)C(F)F. The molecule has 2 aliphatic carbocycles. The lowest BCUT2D eigenvalue weighted by Crippen LogP contribution is -2.31. The number of carbonyl (C=O) groups is 2. The van der Waals surface area contributed by atoms with Gasteiger partial charge >= 0.3 is 0 Å². The third-order valence-corrected chi connectivity index (χ3v) is 3.39. The molecule has 0 heterocycles. The van der Waals surface area contributed by atoms with Crippen molar-refractivity contribution in [2.45, 2.75) is 26.2 Å². The predicted octanol–water partition coefficient (Wildman–Crippen LogP) is 1.44. The Labute approximate surface area is 74.3 Å². The van der Waals surface area contributed by atoms with Crippen LogP contribution in [0.15, 0.2) is 0 Å². The fourth-order valence-electron chi connectivity index (χ4n) is 2.47. The lowest BCUT2D eigenvalue weighted by molar-refractivity contribution is -0.141. The molecule has 0 aromatic rings. The average Bonchev–Trinajstić information content (AvgIpc) is 2.54. The normalized spacial score (nSPS) is 42.3. The van der Waals surface area contributed by atoms with Gasteiger partial charge in [0.2, 0.25) is 5.78 Å². The molecule has 0 N–H and O–H groups in total. The van der Waals surface area contributed by atoms with Crippen molar-refractivity contribution in [2.75, 3.05) is 0 Å². The molecule has 0 amide bonds. The van der Waals surface area contributed by atoms with E-state index in [1.165, 1.54) is 0 Å². The van der Waals surface area contributed by atoms with Crippen LogP contribution < -0.4 is 0 Å². The summed E-state index contributed by atoms with van der Waals surface area (Å²) in [5, 5.41) is 0. The van der Waals surface area contributed by atoms with E-state index < -0.39 is 23.5 Å². The molecule has 0 aromatic heterocycles. The molecule has 2 saturated carbocycles. The molecule has 3 atom stereocenters. The lowest BCUT2D eigenvalue weighted by Gasteiger charge is -2.15. The predicted molar refractivity (Wildman–Crippen MR) is 40.3 cm³/mol. The fraction of sp³-hybridized carbons (Fsp3) is 0.778. The molecule has 4 heteroatoms. The zero-order valence-electron chi connectivity index (χ0n) is 7.22. The molecule has 2 aliphatic rings. The van der Waals surface area contributed by atoms with Crippen LogP contribution >= 0.6 is 0 Å². The van der Waals surface area contributed by atoms with Crippen molar-refractivity contribution in [2.24, 2.45) is 17.3 Å². The largest absolute Gasteiger partial charge is 0.299 e. The Morgan fingerprint density at radius 3 is 2.62 bits per heavy atom. The maximum atomic E-state index is 12.1. The Balaban J connectivity index is 2.22. The molecular formula is C9H10F2O2. The highest BCUT2D eigenvalue weighted by molar-refractivity contribution is 6.07. The van der Waals surface area contributed by atoms with E-state index in [2.05, 4.69) is 0 Å². The third kappa shape index (κ3) is 1.04. The number of hydrogen-bond donors (Lipinski definition) is 0. The number of carbonyl (C=O) groups excluding carboxylic acids is 2. The lowest BCUT2D eigenvalue weighted by atomic mass is 9.87. The quantitative estimate of drug-likeness (QED) is 0.614. The first-order valence-electron chi connectivity index (χ1n) is 4.31. The summed E-state index contributed by atoms with van der Waals surface area (Å²) >= 11 is 0. The summed E-state index contributed by atoms with van der Waals surface area (Å²) in [7, 11) is 0. The van der Waals surface area contributed by atoms with Gasteiger partial charge in [0.25, 0.3) is 6.43 Å². The van der Waals surface area contributed by atoms with Crippen LogP contribution in [-0.2, 0) is 9.59 Å². The molecule has 0 aromatic carbocycles. The van der Waals surface area contributed by atoms with Gasteiger partial charge < -0.3 is 0 Å². The van der Waals surface area contributed by atoms with E-state index >= 15 is 0 Å². The van der Waals surface area contributed by atoms with Gasteiger partial charge in [-0.05, 0) is 17.8 Å². The molecule has 0 saturated heterocycles. The second kappa shape index (κ2) is 2.36. The van der Waals surface area contributed by atoms with Crippen molar-refractivity contribution < 1.29 is 18.4 Å². The van der Waals surface area contributed by atoms with Crippen LogP contribution in [0.1, 0.15) is 19.8 Å². The van der Waals surface area contributed by atoms with Gasteiger partial charge in [-0.3, -0.25) is 9.59 Å². The molecule has 0 aliphatic heterocycles. The minimum absolute atomic E-state index is 0.188. The highest BCUT2D eigenvalue weighted by atomic mass is 19.3. The van der Waals surface area contributed by atoms with Crippen LogP contribution in [0.2, 0.25) is 0 Å². The van der Waals surface area contributed by atoms with Gasteiger partial charge in [-0.1, -0.05) is 6.92 Å². The zero-order valence-corrected chi connectivity index (χ0v) is 7.22. The van der Waals surface area contributed by atoms with Crippen molar-refractivity contribution in [1.29, 1.82) is 0 Å². The smallest absolute Gasteiger partial charge is 0.296 e. The molecule has 2 nitrogen and oxygen atoms in total. The first-order chi connectivity index (χ1) is 5.97. The van der Waals surface area contributed by atoms with E-state index in [4.69, 9.17) is 0 Å². The van der Waals surface area contributed by atoms with Crippen LogP contribution in [-0.4, -0.2) is 18.0 Å². The molecule has 0 radical (unpaired) electrons. The Morgan fingerprint density at radius 2 is 2.23 bits per heavy atom. The summed E-state index contributed by atoms with van der Waals surface area (Å²) in [6, 6.07) is 0. The van der Waals surface area contributed by atoms with Crippen LogP contribution in [0.3, 0.4) is 0 Å². The summed E-state index contributed by atoms with van der Waals surface area (Å²) in [5.74, 6) is -2.29. The van der Waals surface area contributed by atoms with Crippen molar-refractivity contribution in [3.63, 3.8) is 0 Å². The van der Waals surface area contributed by atoms with E-state index in [1.54, 1.807) is 6.92 Å². The summed E-state index contributed by atoms with van der Waals surface area (Å²) in [5.41, 5.74) is -0.426. The second-order valence-electron chi connectivity index (χ2n) is 4.21. The first-order valence-corrected chi connectivity index (χ1v) is 4.31. The van der Waals surface area contributed by atoms with Crippen LogP contribution in [0.4, 0.5) is 8.78 Å². The number of halogens is 2. The number of rotatable bonds is 2. The number of ketones is 2. The Hall–Kier alpha value is -0.800. The molecule has 72 valence electrons. The summed E-state index contributed by atoms with van der Waals surface area (Å²) in [6.07, 6.45) is -1.92. The van der Waals surface area contributed by atoms with Gasteiger partial charge in [-0.15, -0.1) is 0 Å². The second-order valence-corrected chi connectivity index (χ2v) is 4.21. The number of fused-ring (bicyclic) bond motifs is 1. The minimum Gasteiger partial charge on any atom is -0.299 e. The Bertz CT molecular complexity index is 287. The molecule has 2 rings (SSSR count). The third-order valence-electron chi connectivity index (χ3n) is 3.39. The van der Waals surface area contributed by atoms with Gasteiger partial charge in [-0.2, -0.15) is 0 Å². The Morgan fingerprint density at radius 1 is 1.62 bits per heavy atom. The maximum Gasteiger partial charge on any atom is 0.296 e. The molecular weight excluding hydrogens is 178 g/mol. The molecule has 0 spiro atoms. The van der Waals surface area contributed by atoms with E-state index in [1.807, 2.05) is 0 Å². The van der Waals surface area contributed by atoms with E-state index in [0.717, 1.165) is 6.42 Å². The number of Topliss-reactive ketones (excluding diaryl/α,β-unsaturated/α-hetero) is 2. The summed E-state index contributed by atoms with van der Waals surface area (Å²) in [6.45, 7) is 1.76. The molecule has 0 bridgehead atoms. The van der Waals surface area contributed by atoms with Gasteiger partial charge in [0, 0.05) is 6.42 Å². The van der Waals surface area contributed by atoms with Crippen LogP contribution in [0.5, 0.6) is 0 Å². The van der Waals surface area contributed by atoms with E-state index in [9.17, 15) is 18.4 Å². The summed E-state index contributed by atoms with van der Waals surface area (Å²) in [4.78, 5) is 22.2. The summed E-state index contributed by atoms with van der Waals surface area (Å²) < 4.78 is 24.2. The highest BCUT2D eigenvalue weighted by Crippen LogP contribution is 2.65. The average molecular weight is 188 g/mol. The maximum absolute atomic E-state index is 12.1. The standard InChI is InChI=1S/C9H10F2O2/c1-9-3-4(9)2-5(12)6(9)7(13)8(10)11/h4,6,8H,2-3H2,1H3.